The van der Waals surface area contributed by atoms with Gasteiger partial charge in [-0.15, -0.1) is 0 Å². The normalized spacial score (nSPS) is 11.2. The Kier molecular flexibility index (Phi) is 5.16. The van der Waals surface area contributed by atoms with E-state index in [2.05, 4.69) is 26.6 Å². The highest BCUT2D eigenvalue weighted by atomic mass is 79.9. The summed E-state index contributed by atoms with van der Waals surface area (Å²) in [4.78, 5) is 11.7. The van der Waals surface area contributed by atoms with Crippen molar-refractivity contribution < 1.29 is 9.53 Å². The number of rotatable bonds is 4. The first-order chi connectivity index (χ1) is 8.30. The molecule has 18 heavy (non-hydrogen) atoms. The van der Waals surface area contributed by atoms with Gasteiger partial charge in [-0.1, -0.05) is 15.9 Å². The van der Waals surface area contributed by atoms with Crippen LogP contribution < -0.4 is 15.4 Å². The maximum Gasteiger partial charge on any atom is 0.238 e. The molecule has 0 atom stereocenters. The Morgan fingerprint density at radius 2 is 2.00 bits per heavy atom. The van der Waals surface area contributed by atoms with E-state index < -0.39 is 0 Å². The first kappa shape index (κ1) is 15.0. The summed E-state index contributed by atoms with van der Waals surface area (Å²) in [6, 6.07) is 5.44. The van der Waals surface area contributed by atoms with E-state index in [9.17, 15) is 4.79 Å². The third-order valence-electron chi connectivity index (χ3n) is 2.17. The Morgan fingerprint density at radius 1 is 1.33 bits per heavy atom. The lowest BCUT2D eigenvalue weighted by atomic mass is 10.1. The van der Waals surface area contributed by atoms with Gasteiger partial charge in [0.25, 0.3) is 0 Å². The molecule has 5 heteroatoms. The molecular formula is C13H19BrN2O2. The van der Waals surface area contributed by atoms with Crippen molar-refractivity contribution in [3.63, 3.8) is 0 Å². The second-order valence-corrected chi connectivity index (χ2v) is 5.95. The van der Waals surface area contributed by atoms with Gasteiger partial charge in [-0.25, -0.2) is 0 Å². The Balaban J connectivity index is 2.61. The summed E-state index contributed by atoms with van der Waals surface area (Å²) in [5.74, 6) is 0.619. The van der Waals surface area contributed by atoms with E-state index in [0.29, 0.717) is 11.4 Å². The Labute approximate surface area is 116 Å². The van der Waals surface area contributed by atoms with Gasteiger partial charge in [-0.3, -0.25) is 4.79 Å². The SMILES string of the molecule is COc1cc(Br)cc(NC(=O)CNC(C)(C)C)c1. The summed E-state index contributed by atoms with van der Waals surface area (Å²) < 4.78 is 6.00. The van der Waals surface area contributed by atoms with Crippen LogP contribution in [0.2, 0.25) is 0 Å². The number of methoxy groups -OCH3 is 1. The maximum absolute atomic E-state index is 11.7. The van der Waals surface area contributed by atoms with Gasteiger partial charge < -0.3 is 15.4 Å². The molecule has 0 aliphatic carbocycles. The van der Waals surface area contributed by atoms with Crippen LogP contribution in [0, 0.1) is 0 Å². The van der Waals surface area contributed by atoms with E-state index in [1.165, 1.54) is 0 Å². The Morgan fingerprint density at radius 3 is 2.56 bits per heavy atom. The first-order valence-electron chi connectivity index (χ1n) is 5.69. The molecule has 1 amide bonds. The van der Waals surface area contributed by atoms with Gasteiger partial charge in [0.15, 0.2) is 0 Å². The number of anilines is 1. The van der Waals surface area contributed by atoms with Gasteiger partial charge in [0.2, 0.25) is 5.91 Å². The molecule has 1 aromatic rings. The molecule has 100 valence electrons. The molecule has 0 aromatic heterocycles. The number of nitrogens with one attached hydrogen (secondary N) is 2. The second kappa shape index (κ2) is 6.20. The number of ether oxygens (including phenoxy) is 1. The highest BCUT2D eigenvalue weighted by Gasteiger charge is 2.11. The van der Waals surface area contributed by atoms with Gasteiger partial charge >= 0.3 is 0 Å². The van der Waals surface area contributed by atoms with Crippen LogP contribution in [0.4, 0.5) is 5.69 Å². The summed E-state index contributed by atoms with van der Waals surface area (Å²) in [5.41, 5.74) is 0.633. The van der Waals surface area contributed by atoms with Crippen molar-refractivity contribution in [2.24, 2.45) is 0 Å². The van der Waals surface area contributed by atoms with E-state index in [0.717, 1.165) is 4.47 Å². The quantitative estimate of drug-likeness (QED) is 0.898. The number of hydrogen-bond donors (Lipinski definition) is 2. The molecule has 0 fully saturated rings. The highest BCUT2D eigenvalue weighted by Crippen LogP contribution is 2.24. The van der Waals surface area contributed by atoms with Gasteiger partial charge in [-0.2, -0.15) is 0 Å². The van der Waals surface area contributed by atoms with Gasteiger partial charge in [0.05, 0.1) is 13.7 Å². The molecule has 0 heterocycles. The lowest BCUT2D eigenvalue weighted by Gasteiger charge is -2.20. The zero-order valence-electron chi connectivity index (χ0n) is 11.1. The lowest BCUT2D eigenvalue weighted by Crippen LogP contribution is -2.41. The zero-order valence-corrected chi connectivity index (χ0v) is 12.7. The van der Waals surface area contributed by atoms with E-state index >= 15 is 0 Å². The van der Waals surface area contributed by atoms with Gasteiger partial charge in [0.1, 0.15) is 5.75 Å². The molecule has 1 aromatic carbocycles. The van der Waals surface area contributed by atoms with Crippen LogP contribution in [0.5, 0.6) is 5.75 Å². The van der Waals surface area contributed by atoms with Gasteiger partial charge in [0, 0.05) is 21.8 Å². The fraction of sp³-hybridized carbons (Fsp3) is 0.462. The van der Waals surface area contributed by atoms with Crippen LogP contribution in [0.1, 0.15) is 20.8 Å². The molecule has 0 aliphatic heterocycles. The third kappa shape index (κ3) is 5.51. The van der Waals surface area contributed by atoms with Crippen LogP contribution in [-0.4, -0.2) is 25.1 Å². The average molecular weight is 315 g/mol. The summed E-state index contributed by atoms with van der Waals surface area (Å²) in [6.07, 6.45) is 0. The molecule has 0 aliphatic rings. The Bertz CT molecular complexity index is 427. The largest absolute Gasteiger partial charge is 0.497 e. The fourth-order valence-corrected chi connectivity index (χ4v) is 1.78. The fourth-order valence-electron chi connectivity index (χ4n) is 1.30. The number of benzene rings is 1. The minimum Gasteiger partial charge on any atom is -0.497 e. The lowest BCUT2D eigenvalue weighted by molar-refractivity contribution is -0.115. The molecule has 0 saturated heterocycles. The van der Waals surface area contributed by atoms with Crippen LogP contribution in [0.15, 0.2) is 22.7 Å². The van der Waals surface area contributed by atoms with Gasteiger partial charge in [-0.05, 0) is 32.9 Å². The third-order valence-corrected chi connectivity index (χ3v) is 2.63. The van der Waals surface area contributed by atoms with Crippen molar-refractivity contribution >= 4 is 27.5 Å². The van der Waals surface area contributed by atoms with Crippen molar-refractivity contribution in [1.82, 2.24) is 5.32 Å². The van der Waals surface area contributed by atoms with E-state index in [-0.39, 0.29) is 18.0 Å². The molecule has 1 rings (SSSR count). The van der Waals surface area contributed by atoms with E-state index in [4.69, 9.17) is 4.74 Å². The second-order valence-electron chi connectivity index (χ2n) is 5.03. The minimum atomic E-state index is -0.0786. The van der Waals surface area contributed by atoms with Crippen molar-refractivity contribution in [1.29, 1.82) is 0 Å². The van der Waals surface area contributed by atoms with E-state index in [1.54, 1.807) is 13.2 Å². The summed E-state index contributed by atoms with van der Waals surface area (Å²) in [7, 11) is 1.59. The van der Waals surface area contributed by atoms with Crippen molar-refractivity contribution in [3.05, 3.63) is 22.7 Å². The molecular weight excluding hydrogens is 296 g/mol. The number of carbonyl (C=O) groups excluding carboxylic acids is 1. The topological polar surface area (TPSA) is 50.4 Å². The number of carbonyl (C=O) groups is 1. The first-order valence-corrected chi connectivity index (χ1v) is 6.49. The predicted octanol–water partition coefficient (Wildman–Crippen LogP) is 2.78. The highest BCUT2D eigenvalue weighted by molar-refractivity contribution is 9.10. The molecule has 0 saturated carbocycles. The van der Waals surface area contributed by atoms with E-state index in [1.807, 2.05) is 32.9 Å². The summed E-state index contributed by atoms with van der Waals surface area (Å²) in [6.45, 7) is 6.32. The summed E-state index contributed by atoms with van der Waals surface area (Å²) in [5, 5.41) is 5.95. The predicted molar refractivity (Wildman–Crippen MR) is 77.1 cm³/mol. The van der Waals surface area contributed by atoms with Crippen molar-refractivity contribution in [2.75, 3.05) is 19.0 Å². The average Bonchev–Trinajstić information content (AvgIpc) is 2.24. The van der Waals surface area contributed by atoms with Crippen molar-refractivity contribution in [3.8, 4) is 5.75 Å². The smallest absolute Gasteiger partial charge is 0.238 e. The van der Waals surface area contributed by atoms with Crippen LogP contribution in [0.25, 0.3) is 0 Å². The summed E-state index contributed by atoms with van der Waals surface area (Å²) >= 11 is 3.37. The molecule has 0 radical (unpaired) electrons. The molecule has 0 spiro atoms. The molecule has 2 N–H and O–H groups in total. The van der Waals surface area contributed by atoms with Crippen LogP contribution >= 0.6 is 15.9 Å². The zero-order chi connectivity index (χ0) is 13.8. The number of hydrogen-bond acceptors (Lipinski definition) is 3. The van der Waals surface area contributed by atoms with Crippen LogP contribution in [0.3, 0.4) is 0 Å². The number of halogens is 1. The monoisotopic (exact) mass is 314 g/mol. The standard InChI is InChI=1S/C13H19BrN2O2/c1-13(2,3)15-8-12(17)16-10-5-9(14)6-11(7-10)18-4/h5-7,15H,8H2,1-4H3,(H,16,17). The molecule has 0 unspecified atom stereocenters. The minimum absolute atomic E-state index is 0.0771. The Hall–Kier alpha value is -1.07. The van der Waals surface area contributed by atoms with Crippen LogP contribution in [-0.2, 0) is 4.79 Å². The molecule has 0 bridgehead atoms. The maximum atomic E-state index is 11.7. The molecule has 4 nitrogen and oxygen atoms in total. The van der Waals surface area contributed by atoms with Crippen molar-refractivity contribution in [2.45, 2.75) is 26.3 Å². The number of amides is 1.